The van der Waals surface area contributed by atoms with Gasteiger partial charge in [-0.25, -0.2) is 4.57 Å². The van der Waals surface area contributed by atoms with Gasteiger partial charge in [0.2, 0.25) is 0 Å². The lowest BCUT2D eigenvalue weighted by molar-refractivity contribution is -0.689. The maximum Gasteiger partial charge on any atom is 0.182 e. The summed E-state index contributed by atoms with van der Waals surface area (Å²) in [6.07, 6.45) is 4.47. The van der Waals surface area contributed by atoms with Crippen molar-refractivity contribution in [1.29, 1.82) is 0 Å². The van der Waals surface area contributed by atoms with E-state index in [1.165, 1.54) is 11.1 Å². The van der Waals surface area contributed by atoms with Crippen molar-refractivity contribution in [2.75, 3.05) is 21.3 Å². The van der Waals surface area contributed by atoms with Crippen molar-refractivity contribution in [3.05, 3.63) is 42.2 Å². The number of phenolic OH excluding ortho intramolecular Hbond substituents is 1. The minimum absolute atomic E-state index is 0.124. The van der Waals surface area contributed by atoms with E-state index < -0.39 is 0 Å². The summed E-state index contributed by atoms with van der Waals surface area (Å²) >= 11 is 0. The number of aryl methyl sites for hydroxylation is 2. The van der Waals surface area contributed by atoms with Gasteiger partial charge in [-0.2, -0.15) is 0 Å². The third-order valence-electron chi connectivity index (χ3n) is 5.80. The van der Waals surface area contributed by atoms with E-state index in [1.807, 2.05) is 18.2 Å². The van der Waals surface area contributed by atoms with Gasteiger partial charge in [0, 0.05) is 29.7 Å². The number of pyridine rings is 1. The minimum Gasteiger partial charge on any atom is -0.504 e. The predicted octanol–water partition coefficient (Wildman–Crippen LogP) is 4.11. The van der Waals surface area contributed by atoms with Crippen molar-refractivity contribution in [3.63, 3.8) is 0 Å². The number of hydrogen-bond acceptors (Lipinski definition) is 4. The first-order chi connectivity index (χ1) is 13.6. The van der Waals surface area contributed by atoms with Crippen LogP contribution >= 0.6 is 0 Å². The van der Waals surface area contributed by atoms with E-state index in [0.29, 0.717) is 17.2 Å². The Bertz CT molecular complexity index is 1250. The summed E-state index contributed by atoms with van der Waals surface area (Å²) in [5.41, 5.74) is 1.34. The summed E-state index contributed by atoms with van der Waals surface area (Å²) in [7, 11) is 4.86. The molecular formula is C23H22NO4+. The molecule has 0 saturated carbocycles. The molecule has 0 unspecified atom stereocenters. The molecule has 1 aromatic heterocycles. The van der Waals surface area contributed by atoms with Crippen LogP contribution in [-0.2, 0) is 13.0 Å². The minimum atomic E-state index is 0.124. The van der Waals surface area contributed by atoms with Gasteiger partial charge >= 0.3 is 0 Å². The zero-order valence-electron chi connectivity index (χ0n) is 16.2. The quantitative estimate of drug-likeness (QED) is 0.432. The molecule has 2 heterocycles. The van der Waals surface area contributed by atoms with Gasteiger partial charge in [-0.05, 0) is 40.4 Å². The summed E-state index contributed by atoms with van der Waals surface area (Å²) in [4.78, 5) is 0. The monoisotopic (exact) mass is 376 g/mol. The highest BCUT2D eigenvalue weighted by Crippen LogP contribution is 2.43. The van der Waals surface area contributed by atoms with E-state index in [9.17, 15) is 5.11 Å². The second kappa shape index (κ2) is 6.16. The molecular weight excluding hydrogens is 354 g/mol. The van der Waals surface area contributed by atoms with Gasteiger partial charge in [-0.1, -0.05) is 0 Å². The summed E-state index contributed by atoms with van der Waals surface area (Å²) in [6, 6.07) is 10.0. The van der Waals surface area contributed by atoms with Crippen molar-refractivity contribution in [2.45, 2.75) is 19.4 Å². The number of methoxy groups -OCH3 is 3. The Kier molecular flexibility index (Phi) is 3.72. The lowest BCUT2D eigenvalue weighted by atomic mass is 9.94. The van der Waals surface area contributed by atoms with Crippen LogP contribution in [0.15, 0.2) is 36.5 Å². The highest BCUT2D eigenvalue weighted by atomic mass is 16.5. The number of aromatic hydroxyl groups is 1. The molecule has 28 heavy (non-hydrogen) atoms. The Labute approximate surface area is 162 Å². The molecule has 0 aliphatic carbocycles. The Balaban J connectivity index is 2.04. The number of benzene rings is 3. The molecule has 0 radical (unpaired) electrons. The molecule has 1 aliphatic rings. The van der Waals surface area contributed by atoms with E-state index in [4.69, 9.17) is 14.2 Å². The van der Waals surface area contributed by atoms with Crippen molar-refractivity contribution in [1.82, 2.24) is 0 Å². The lowest BCUT2D eigenvalue weighted by Gasteiger charge is -2.15. The Morgan fingerprint density at radius 2 is 1.25 bits per heavy atom. The number of fused-ring (bicyclic) bond motifs is 7. The van der Waals surface area contributed by atoms with E-state index >= 15 is 0 Å². The third kappa shape index (κ3) is 2.29. The van der Waals surface area contributed by atoms with Gasteiger partial charge in [0.1, 0.15) is 6.54 Å². The Morgan fingerprint density at radius 1 is 0.714 bits per heavy atom. The van der Waals surface area contributed by atoms with Crippen LogP contribution in [0.25, 0.3) is 32.3 Å². The second-order valence-corrected chi connectivity index (χ2v) is 7.21. The smallest absolute Gasteiger partial charge is 0.182 e. The van der Waals surface area contributed by atoms with E-state index in [1.54, 1.807) is 27.4 Å². The predicted molar refractivity (Wildman–Crippen MR) is 109 cm³/mol. The molecule has 4 aromatic rings. The van der Waals surface area contributed by atoms with Crippen LogP contribution in [0.5, 0.6) is 23.0 Å². The van der Waals surface area contributed by atoms with Crippen LogP contribution in [0.1, 0.15) is 12.1 Å². The maximum atomic E-state index is 10.4. The summed E-state index contributed by atoms with van der Waals surface area (Å²) < 4.78 is 18.8. The van der Waals surface area contributed by atoms with Gasteiger partial charge in [0.25, 0.3) is 0 Å². The first-order valence-electron chi connectivity index (χ1n) is 9.39. The first kappa shape index (κ1) is 16.9. The molecule has 3 aromatic carbocycles. The lowest BCUT2D eigenvalue weighted by Crippen LogP contribution is -2.32. The van der Waals surface area contributed by atoms with E-state index in [0.717, 1.165) is 46.3 Å². The van der Waals surface area contributed by atoms with Gasteiger partial charge in [0.15, 0.2) is 34.9 Å². The standard InChI is InChI=1S/C23H21NO4/c1-26-21-9-18-15(8-20(21)25)17-11-23(28-3)22(27-2)10-16(17)14-7-13-5-4-6-24(13)12-19(14)18/h7-12H,4-6H2,1-3H3/p+1. The fourth-order valence-corrected chi connectivity index (χ4v) is 4.43. The number of nitrogens with zero attached hydrogens (tertiary/aromatic N) is 1. The molecule has 142 valence electrons. The topological polar surface area (TPSA) is 51.8 Å². The average Bonchev–Trinajstić information content (AvgIpc) is 3.18. The SMILES string of the molecule is COc1cc2c(cc1O)c1cc(OC)c(OC)cc1c1cc3[n+](cc21)CCC3. The zero-order valence-corrected chi connectivity index (χ0v) is 16.2. The normalized spacial score (nSPS) is 13.2. The van der Waals surface area contributed by atoms with Gasteiger partial charge in [-0.15, -0.1) is 0 Å². The molecule has 0 amide bonds. The Morgan fingerprint density at radius 3 is 1.89 bits per heavy atom. The van der Waals surface area contributed by atoms with Crippen LogP contribution in [0.2, 0.25) is 0 Å². The number of phenols is 1. The van der Waals surface area contributed by atoms with Crippen molar-refractivity contribution < 1.29 is 23.9 Å². The van der Waals surface area contributed by atoms with Crippen molar-refractivity contribution >= 4 is 32.3 Å². The fraction of sp³-hybridized carbons (Fsp3) is 0.261. The molecule has 5 heteroatoms. The van der Waals surface area contributed by atoms with Crippen molar-refractivity contribution in [3.8, 4) is 23.0 Å². The molecule has 1 aliphatic heterocycles. The van der Waals surface area contributed by atoms with Crippen LogP contribution in [0.3, 0.4) is 0 Å². The summed E-state index contributed by atoms with van der Waals surface area (Å²) in [5.74, 6) is 1.96. The molecule has 0 bridgehead atoms. The van der Waals surface area contributed by atoms with E-state index in [2.05, 4.69) is 16.8 Å². The molecule has 5 rings (SSSR count). The molecule has 5 nitrogen and oxygen atoms in total. The number of rotatable bonds is 3. The molecule has 0 spiro atoms. The number of hydrogen-bond donors (Lipinski definition) is 1. The number of ether oxygens (including phenoxy) is 3. The van der Waals surface area contributed by atoms with Gasteiger partial charge < -0.3 is 19.3 Å². The second-order valence-electron chi connectivity index (χ2n) is 7.21. The Hall–Kier alpha value is -3.21. The van der Waals surface area contributed by atoms with Crippen LogP contribution in [0.4, 0.5) is 0 Å². The molecule has 1 N–H and O–H groups in total. The summed E-state index contributed by atoms with van der Waals surface area (Å²) in [5, 5.41) is 16.8. The van der Waals surface area contributed by atoms with Crippen LogP contribution in [-0.4, -0.2) is 26.4 Å². The van der Waals surface area contributed by atoms with Gasteiger partial charge in [0.05, 0.1) is 26.7 Å². The first-order valence-corrected chi connectivity index (χ1v) is 9.39. The highest BCUT2D eigenvalue weighted by molar-refractivity contribution is 6.26. The van der Waals surface area contributed by atoms with Crippen LogP contribution in [0, 0.1) is 0 Å². The molecule has 0 fully saturated rings. The summed E-state index contributed by atoms with van der Waals surface area (Å²) in [6.45, 7) is 1.03. The van der Waals surface area contributed by atoms with E-state index in [-0.39, 0.29) is 5.75 Å². The highest BCUT2D eigenvalue weighted by Gasteiger charge is 2.23. The molecule has 0 atom stereocenters. The largest absolute Gasteiger partial charge is 0.504 e. The maximum absolute atomic E-state index is 10.4. The van der Waals surface area contributed by atoms with Gasteiger partial charge in [-0.3, -0.25) is 0 Å². The molecule has 0 saturated heterocycles. The fourth-order valence-electron chi connectivity index (χ4n) is 4.43. The zero-order chi connectivity index (χ0) is 19.4. The number of aromatic nitrogens is 1. The average molecular weight is 376 g/mol. The van der Waals surface area contributed by atoms with Crippen LogP contribution < -0.4 is 18.8 Å². The third-order valence-corrected chi connectivity index (χ3v) is 5.80. The van der Waals surface area contributed by atoms with Crippen molar-refractivity contribution in [2.24, 2.45) is 0 Å².